The molecule has 4 nitrogen and oxygen atoms in total. The van der Waals surface area contributed by atoms with Gasteiger partial charge in [0, 0.05) is 29.7 Å². The van der Waals surface area contributed by atoms with Crippen LogP contribution < -0.4 is 0 Å². The molecule has 0 saturated carbocycles. The van der Waals surface area contributed by atoms with Gasteiger partial charge in [0.25, 0.3) is 0 Å². The van der Waals surface area contributed by atoms with E-state index in [2.05, 4.69) is 29.7 Å². The second-order valence-corrected chi connectivity index (χ2v) is 9.26. The minimum absolute atomic E-state index is 0.0505. The zero-order chi connectivity index (χ0) is 17.9. The minimum Gasteiger partial charge on any atom is -0.341 e. The van der Waals surface area contributed by atoms with Crippen LogP contribution in [0.2, 0.25) is 0 Å². The third-order valence-corrected chi connectivity index (χ3v) is 7.75. The van der Waals surface area contributed by atoms with Crippen LogP contribution in [0.5, 0.6) is 0 Å². The third-order valence-electron chi connectivity index (χ3n) is 5.83. The zero-order valence-electron chi connectivity index (χ0n) is 14.9. The third kappa shape index (κ3) is 2.20. The average molecular weight is 366 g/mol. The van der Waals surface area contributed by atoms with Crippen molar-refractivity contribution >= 4 is 20.9 Å². The molecule has 134 valence electrons. The monoisotopic (exact) mass is 366 g/mol. The number of fused-ring (bicyclic) bond motifs is 3. The maximum Gasteiger partial charge on any atom is 0.243 e. The molecule has 0 N–H and O–H groups in total. The van der Waals surface area contributed by atoms with E-state index in [1.807, 2.05) is 6.07 Å². The molecular formula is C21H22N2O2S. The van der Waals surface area contributed by atoms with Crippen molar-refractivity contribution in [1.82, 2.24) is 8.87 Å². The SMILES string of the molecule is Cc1ccc2c(c1)c1c3n2CCN(S(=O)(=O)c2ccccc2)[C@H]3CCC1. The fourth-order valence-electron chi connectivity index (χ4n) is 4.70. The van der Waals surface area contributed by atoms with Crippen LogP contribution in [0.4, 0.5) is 0 Å². The van der Waals surface area contributed by atoms with Crippen LogP contribution in [-0.4, -0.2) is 23.8 Å². The summed E-state index contributed by atoms with van der Waals surface area (Å²) in [5.41, 5.74) is 5.09. The maximum absolute atomic E-state index is 13.3. The molecule has 0 bridgehead atoms. The van der Waals surface area contributed by atoms with Crippen molar-refractivity contribution in [1.29, 1.82) is 0 Å². The van der Waals surface area contributed by atoms with Crippen LogP contribution in [0.15, 0.2) is 53.4 Å². The largest absolute Gasteiger partial charge is 0.341 e. The van der Waals surface area contributed by atoms with E-state index in [0.29, 0.717) is 11.4 Å². The lowest BCUT2D eigenvalue weighted by molar-refractivity contribution is 0.243. The van der Waals surface area contributed by atoms with Crippen molar-refractivity contribution in [2.45, 2.75) is 43.7 Å². The first-order chi connectivity index (χ1) is 12.6. The molecule has 0 fully saturated rings. The molecular weight excluding hydrogens is 344 g/mol. The van der Waals surface area contributed by atoms with E-state index in [1.165, 1.54) is 27.7 Å². The first-order valence-electron chi connectivity index (χ1n) is 9.26. The Hall–Kier alpha value is -2.11. The fourth-order valence-corrected chi connectivity index (χ4v) is 6.34. The number of aryl methyl sites for hydroxylation is 2. The summed E-state index contributed by atoms with van der Waals surface area (Å²) >= 11 is 0. The van der Waals surface area contributed by atoms with Gasteiger partial charge in [0.1, 0.15) is 0 Å². The summed E-state index contributed by atoms with van der Waals surface area (Å²) in [5.74, 6) is 0. The molecule has 2 heterocycles. The molecule has 1 aromatic heterocycles. The van der Waals surface area contributed by atoms with E-state index in [-0.39, 0.29) is 6.04 Å². The highest BCUT2D eigenvalue weighted by molar-refractivity contribution is 7.89. The Bertz CT molecular complexity index is 1100. The van der Waals surface area contributed by atoms with Crippen molar-refractivity contribution in [3.63, 3.8) is 0 Å². The first kappa shape index (κ1) is 16.1. The number of aromatic nitrogens is 1. The van der Waals surface area contributed by atoms with E-state index >= 15 is 0 Å². The molecule has 26 heavy (non-hydrogen) atoms. The van der Waals surface area contributed by atoms with Crippen LogP contribution in [0, 0.1) is 6.92 Å². The fraction of sp³-hybridized carbons (Fsp3) is 0.333. The van der Waals surface area contributed by atoms with E-state index in [9.17, 15) is 8.42 Å². The number of hydrogen-bond acceptors (Lipinski definition) is 2. The van der Waals surface area contributed by atoms with Gasteiger partial charge in [-0.2, -0.15) is 4.31 Å². The van der Waals surface area contributed by atoms with Crippen LogP contribution in [0.25, 0.3) is 10.9 Å². The van der Waals surface area contributed by atoms with Gasteiger partial charge in [-0.15, -0.1) is 0 Å². The highest BCUT2D eigenvalue weighted by Crippen LogP contribution is 2.44. The van der Waals surface area contributed by atoms with Gasteiger partial charge in [0.05, 0.1) is 10.9 Å². The Morgan fingerprint density at radius 3 is 2.65 bits per heavy atom. The Balaban J connectivity index is 1.69. The molecule has 1 atom stereocenters. The lowest BCUT2D eigenvalue weighted by Gasteiger charge is -2.39. The summed E-state index contributed by atoms with van der Waals surface area (Å²) in [6.07, 6.45) is 2.97. The molecule has 2 aromatic carbocycles. The average Bonchev–Trinajstić information content (AvgIpc) is 2.98. The van der Waals surface area contributed by atoms with Gasteiger partial charge in [0.15, 0.2) is 0 Å². The second kappa shape index (κ2) is 5.69. The summed E-state index contributed by atoms with van der Waals surface area (Å²) in [5, 5.41) is 1.31. The number of nitrogens with zero attached hydrogens (tertiary/aromatic N) is 2. The molecule has 0 radical (unpaired) electrons. The molecule has 1 aliphatic heterocycles. The Labute approximate surface area is 154 Å². The number of hydrogen-bond donors (Lipinski definition) is 0. The summed E-state index contributed by atoms with van der Waals surface area (Å²) in [7, 11) is -3.47. The topological polar surface area (TPSA) is 42.3 Å². The van der Waals surface area contributed by atoms with Crippen molar-refractivity contribution in [3.8, 4) is 0 Å². The Kier molecular flexibility index (Phi) is 3.52. The van der Waals surface area contributed by atoms with Crippen LogP contribution in [-0.2, 0) is 23.0 Å². The predicted octanol–water partition coefficient (Wildman–Crippen LogP) is 4.03. The normalized spacial score (nSPS) is 20.3. The molecule has 0 saturated heterocycles. The van der Waals surface area contributed by atoms with Crippen LogP contribution in [0.3, 0.4) is 0 Å². The van der Waals surface area contributed by atoms with Crippen molar-refractivity contribution in [2.24, 2.45) is 0 Å². The summed E-state index contributed by atoms with van der Waals surface area (Å²) in [6, 6.07) is 15.4. The van der Waals surface area contributed by atoms with Crippen LogP contribution >= 0.6 is 0 Å². The van der Waals surface area contributed by atoms with Crippen LogP contribution in [0.1, 0.15) is 35.7 Å². The lowest BCUT2D eigenvalue weighted by atomic mass is 9.90. The highest BCUT2D eigenvalue weighted by atomic mass is 32.2. The number of rotatable bonds is 2. The molecule has 0 amide bonds. The Morgan fingerprint density at radius 1 is 1.04 bits per heavy atom. The van der Waals surface area contributed by atoms with Gasteiger partial charge in [-0.3, -0.25) is 0 Å². The lowest BCUT2D eigenvalue weighted by Crippen LogP contribution is -2.43. The van der Waals surface area contributed by atoms with E-state index in [0.717, 1.165) is 25.8 Å². The van der Waals surface area contributed by atoms with Gasteiger partial charge < -0.3 is 4.57 Å². The number of benzene rings is 2. The Morgan fingerprint density at radius 2 is 1.85 bits per heavy atom. The first-order valence-corrected chi connectivity index (χ1v) is 10.7. The van der Waals surface area contributed by atoms with Crippen molar-refractivity contribution in [2.75, 3.05) is 6.54 Å². The summed E-state index contributed by atoms with van der Waals surface area (Å²) in [4.78, 5) is 0.396. The molecule has 0 spiro atoms. The van der Waals surface area contributed by atoms with Gasteiger partial charge in [0.2, 0.25) is 10.0 Å². The van der Waals surface area contributed by atoms with E-state index in [4.69, 9.17) is 0 Å². The smallest absolute Gasteiger partial charge is 0.243 e. The van der Waals surface area contributed by atoms with E-state index in [1.54, 1.807) is 28.6 Å². The standard InChI is InChI=1S/C21H22N2O2S/c1-15-10-11-19-18(14-15)17-8-5-9-20-21(17)22(19)12-13-23(20)26(24,25)16-6-3-2-4-7-16/h2-4,6-7,10-11,14,20H,5,8-9,12-13H2,1H3/t20-/m0/s1. The highest BCUT2D eigenvalue weighted by Gasteiger charge is 2.40. The molecule has 0 unspecified atom stereocenters. The molecule has 3 aromatic rings. The van der Waals surface area contributed by atoms with Crippen molar-refractivity contribution in [3.05, 3.63) is 65.4 Å². The van der Waals surface area contributed by atoms with Gasteiger partial charge in [-0.05, 0) is 56.0 Å². The predicted molar refractivity (Wildman–Crippen MR) is 103 cm³/mol. The van der Waals surface area contributed by atoms with E-state index < -0.39 is 10.0 Å². The summed E-state index contributed by atoms with van der Waals surface area (Å²) < 4.78 is 30.7. The quantitative estimate of drug-likeness (QED) is 0.687. The molecule has 1 aliphatic carbocycles. The second-order valence-electron chi connectivity index (χ2n) is 7.37. The zero-order valence-corrected chi connectivity index (χ0v) is 15.7. The molecule has 5 heteroatoms. The number of sulfonamides is 1. The van der Waals surface area contributed by atoms with Gasteiger partial charge in [-0.1, -0.05) is 29.8 Å². The maximum atomic E-state index is 13.3. The van der Waals surface area contributed by atoms with Gasteiger partial charge in [-0.25, -0.2) is 8.42 Å². The molecule has 2 aliphatic rings. The minimum atomic E-state index is -3.47. The van der Waals surface area contributed by atoms with Crippen molar-refractivity contribution < 1.29 is 8.42 Å². The summed E-state index contributed by atoms with van der Waals surface area (Å²) in [6.45, 7) is 3.37. The van der Waals surface area contributed by atoms with Gasteiger partial charge >= 0.3 is 0 Å². The molecule has 5 rings (SSSR count).